The molecule has 4 nitrogen and oxygen atoms in total. The maximum Gasteiger partial charge on any atom is 0.374 e. The molecule has 0 heterocycles. The Morgan fingerprint density at radius 3 is 2.43 bits per heavy atom. The summed E-state index contributed by atoms with van der Waals surface area (Å²) < 4.78 is 0. The standard InChI is InChI=1S/C18H30BNO3/c1-3-4-5-6-7-15-8-10-16(11-9-15)12-13-18(22)17(14-21)20-19(2)23/h8-13,17-18,20-23H,3-7,14H2,1-2H3/b13-12+/t17-,18+/m1/s1. The minimum atomic E-state index is -0.858. The molecule has 1 rings (SSSR count). The number of hydrogen-bond acceptors (Lipinski definition) is 4. The van der Waals surface area contributed by atoms with E-state index >= 15 is 0 Å². The first-order valence-corrected chi connectivity index (χ1v) is 8.57. The van der Waals surface area contributed by atoms with Crippen molar-refractivity contribution in [2.75, 3.05) is 6.61 Å². The highest BCUT2D eigenvalue weighted by atomic mass is 16.3. The second kappa shape index (κ2) is 11.4. The molecule has 0 spiro atoms. The fourth-order valence-corrected chi connectivity index (χ4v) is 2.46. The van der Waals surface area contributed by atoms with Gasteiger partial charge in [-0.15, -0.1) is 0 Å². The lowest BCUT2D eigenvalue weighted by molar-refractivity contribution is 0.133. The van der Waals surface area contributed by atoms with Crippen molar-refractivity contribution in [3.05, 3.63) is 41.5 Å². The van der Waals surface area contributed by atoms with E-state index in [1.54, 1.807) is 12.9 Å². The van der Waals surface area contributed by atoms with Gasteiger partial charge >= 0.3 is 7.05 Å². The zero-order chi connectivity index (χ0) is 17.1. The number of aliphatic hydroxyl groups excluding tert-OH is 2. The van der Waals surface area contributed by atoms with Crippen LogP contribution in [-0.4, -0.2) is 41.0 Å². The van der Waals surface area contributed by atoms with Crippen LogP contribution in [-0.2, 0) is 6.42 Å². The van der Waals surface area contributed by atoms with Crippen molar-refractivity contribution >= 4 is 13.1 Å². The van der Waals surface area contributed by atoms with Gasteiger partial charge < -0.3 is 20.5 Å². The van der Waals surface area contributed by atoms with Crippen LogP contribution < -0.4 is 5.23 Å². The summed E-state index contributed by atoms with van der Waals surface area (Å²) in [6.07, 6.45) is 8.77. The molecule has 4 N–H and O–H groups in total. The van der Waals surface area contributed by atoms with Gasteiger partial charge in [0.1, 0.15) is 0 Å². The van der Waals surface area contributed by atoms with E-state index in [0.717, 1.165) is 12.0 Å². The van der Waals surface area contributed by atoms with Gasteiger partial charge in [0, 0.05) is 0 Å². The van der Waals surface area contributed by atoms with Crippen LogP contribution in [0.4, 0.5) is 0 Å². The average molecular weight is 319 g/mol. The molecule has 0 saturated carbocycles. The average Bonchev–Trinajstić information content (AvgIpc) is 2.55. The fraction of sp³-hybridized carbons (Fsp3) is 0.556. The third kappa shape index (κ3) is 8.33. The molecule has 128 valence electrons. The molecule has 0 aromatic heterocycles. The smallest absolute Gasteiger partial charge is 0.374 e. The SMILES string of the molecule is CCCCCCc1ccc(/C=C/[C@H](O)[C@@H](CO)NB(C)O)cc1. The molecule has 0 bridgehead atoms. The molecule has 1 aromatic carbocycles. The van der Waals surface area contributed by atoms with Crippen LogP contribution in [0.3, 0.4) is 0 Å². The molecule has 0 fully saturated rings. The van der Waals surface area contributed by atoms with E-state index in [1.165, 1.54) is 31.2 Å². The summed E-state index contributed by atoms with van der Waals surface area (Å²) in [4.78, 5) is 0. The van der Waals surface area contributed by atoms with E-state index in [9.17, 15) is 15.2 Å². The Balaban J connectivity index is 2.49. The van der Waals surface area contributed by atoms with E-state index in [4.69, 9.17) is 0 Å². The molecule has 0 aliphatic heterocycles. The number of benzene rings is 1. The van der Waals surface area contributed by atoms with Crippen molar-refractivity contribution in [3.8, 4) is 0 Å². The minimum absolute atomic E-state index is 0.243. The second-order valence-corrected chi connectivity index (χ2v) is 6.03. The van der Waals surface area contributed by atoms with Crippen molar-refractivity contribution in [1.29, 1.82) is 0 Å². The van der Waals surface area contributed by atoms with Gasteiger partial charge in [0.15, 0.2) is 0 Å². The summed E-state index contributed by atoms with van der Waals surface area (Å²) in [5, 5.41) is 31.2. The van der Waals surface area contributed by atoms with Crippen LogP contribution >= 0.6 is 0 Å². The Hall–Kier alpha value is -1.14. The molecule has 0 aliphatic rings. The Morgan fingerprint density at radius 2 is 1.87 bits per heavy atom. The number of rotatable bonds is 11. The van der Waals surface area contributed by atoms with Crippen LogP contribution in [0.1, 0.15) is 43.7 Å². The monoisotopic (exact) mass is 319 g/mol. The van der Waals surface area contributed by atoms with E-state index in [2.05, 4.69) is 24.3 Å². The van der Waals surface area contributed by atoms with Crippen LogP contribution in [0.25, 0.3) is 6.08 Å². The van der Waals surface area contributed by atoms with Crippen molar-refractivity contribution < 1.29 is 15.2 Å². The van der Waals surface area contributed by atoms with Gasteiger partial charge in [-0.1, -0.05) is 62.6 Å². The van der Waals surface area contributed by atoms with Gasteiger partial charge in [-0.3, -0.25) is 0 Å². The summed E-state index contributed by atoms with van der Waals surface area (Å²) in [5.74, 6) is 0. The summed E-state index contributed by atoms with van der Waals surface area (Å²) in [7, 11) is -0.776. The Kier molecular flexibility index (Phi) is 9.88. The third-order valence-corrected chi connectivity index (χ3v) is 3.85. The molecule has 0 saturated heterocycles. The van der Waals surface area contributed by atoms with Crippen molar-refractivity contribution in [1.82, 2.24) is 5.23 Å². The number of hydrogen-bond donors (Lipinski definition) is 4. The second-order valence-electron chi connectivity index (χ2n) is 6.03. The Labute approximate surface area is 140 Å². The highest BCUT2D eigenvalue weighted by Crippen LogP contribution is 2.11. The lowest BCUT2D eigenvalue weighted by atomic mass is 9.86. The largest absolute Gasteiger partial charge is 0.437 e. The zero-order valence-corrected chi connectivity index (χ0v) is 14.3. The topological polar surface area (TPSA) is 72.7 Å². The van der Waals surface area contributed by atoms with E-state index < -0.39 is 19.2 Å². The van der Waals surface area contributed by atoms with Gasteiger partial charge in [0.2, 0.25) is 0 Å². The molecular formula is C18H30BNO3. The lowest BCUT2D eigenvalue weighted by Crippen LogP contribution is -2.48. The van der Waals surface area contributed by atoms with Gasteiger partial charge in [-0.25, -0.2) is 0 Å². The van der Waals surface area contributed by atoms with Crippen molar-refractivity contribution in [2.45, 2.75) is 58.0 Å². The number of nitrogens with one attached hydrogen (secondary N) is 1. The first-order chi connectivity index (χ1) is 11.1. The quantitative estimate of drug-likeness (QED) is 0.373. The zero-order valence-electron chi connectivity index (χ0n) is 14.3. The normalized spacial score (nSPS) is 14.1. The molecule has 0 radical (unpaired) electrons. The Morgan fingerprint density at radius 1 is 1.17 bits per heavy atom. The van der Waals surface area contributed by atoms with Crippen molar-refractivity contribution in [3.63, 3.8) is 0 Å². The summed E-state index contributed by atoms with van der Waals surface area (Å²) in [6.45, 7) is 3.53. The molecule has 5 heteroatoms. The number of aliphatic hydroxyl groups is 2. The van der Waals surface area contributed by atoms with Gasteiger partial charge in [-0.2, -0.15) is 0 Å². The van der Waals surface area contributed by atoms with E-state index in [1.807, 2.05) is 18.2 Å². The summed E-state index contributed by atoms with van der Waals surface area (Å²) in [6, 6.07) is 7.73. The molecular weight excluding hydrogens is 289 g/mol. The fourth-order valence-electron chi connectivity index (χ4n) is 2.46. The third-order valence-electron chi connectivity index (χ3n) is 3.85. The van der Waals surface area contributed by atoms with Gasteiger partial charge in [-0.05, 0) is 30.8 Å². The number of unbranched alkanes of at least 4 members (excludes halogenated alkanes) is 3. The highest BCUT2D eigenvalue weighted by molar-refractivity contribution is 6.45. The van der Waals surface area contributed by atoms with Crippen molar-refractivity contribution in [2.24, 2.45) is 0 Å². The highest BCUT2D eigenvalue weighted by Gasteiger charge is 2.18. The van der Waals surface area contributed by atoms with E-state index in [0.29, 0.717) is 0 Å². The molecule has 2 atom stereocenters. The van der Waals surface area contributed by atoms with Crippen LogP contribution in [0.5, 0.6) is 0 Å². The molecule has 0 aliphatic carbocycles. The molecule has 1 aromatic rings. The number of aryl methyl sites for hydroxylation is 1. The van der Waals surface area contributed by atoms with Gasteiger partial charge in [0.25, 0.3) is 0 Å². The molecule has 0 amide bonds. The minimum Gasteiger partial charge on any atom is -0.437 e. The maximum atomic E-state index is 10.0. The molecule has 23 heavy (non-hydrogen) atoms. The predicted molar refractivity (Wildman–Crippen MR) is 97.2 cm³/mol. The maximum absolute atomic E-state index is 10.0. The van der Waals surface area contributed by atoms with Crippen LogP contribution in [0, 0.1) is 0 Å². The van der Waals surface area contributed by atoms with Crippen LogP contribution in [0.15, 0.2) is 30.3 Å². The predicted octanol–water partition coefficient (Wildman–Crippen LogP) is 2.24. The first kappa shape index (κ1) is 19.9. The Bertz CT molecular complexity index is 448. The van der Waals surface area contributed by atoms with E-state index in [-0.39, 0.29) is 6.61 Å². The first-order valence-electron chi connectivity index (χ1n) is 8.57. The summed E-state index contributed by atoms with van der Waals surface area (Å²) in [5.41, 5.74) is 2.35. The lowest BCUT2D eigenvalue weighted by Gasteiger charge is -2.20. The van der Waals surface area contributed by atoms with Gasteiger partial charge in [0.05, 0.1) is 18.8 Å². The molecule has 0 unspecified atom stereocenters. The van der Waals surface area contributed by atoms with Crippen LogP contribution in [0.2, 0.25) is 6.82 Å². The summed E-state index contributed by atoms with van der Waals surface area (Å²) >= 11 is 0.